The van der Waals surface area contributed by atoms with Gasteiger partial charge in [-0.15, -0.1) is 0 Å². The highest BCUT2D eigenvalue weighted by molar-refractivity contribution is 5.99. The minimum Gasteiger partial charge on any atom is -0.457 e. The van der Waals surface area contributed by atoms with Gasteiger partial charge in [-0.05, 0) is 73.2 Å². The van der Waals surface area contributed by atoms with Crippen molar-refractivity contribution in [3.05, 3.63) is 78.4 Å². The van der Waals surface area contributed by atoms with E-state index < -0.39 is 17.8 Å². The molecule has 37 heavy (non-hydrogen) atoms. The number of likely N-dealkylation sites (N-methyl/N-ethyl adjacent to an activating group) is 1. The SMILES string of the molecule is CC(=O)N(C)C1CCN(c2ccc(NC(=O)Nc3ccc(Oc4cccc(C(F)(F)F)c4)cc3)cc2)C1. The molecule has 3 amide bonds. The second kappa shape index (κ2) is 10.8. The normalized spacial score (nSPS) is 15.3. The van der Waals surface area contributed by atoms with Gasteiger partial charge in [0.05, 0.1) is 11.6 Å². The van der Waals surface area contributed by atoms with Gasteiger partial charge in [-0.25, -0.2) is 4.79 Å². The summed E-state index contributed by atoms with van der Waals surface area (Å²) in [5, 5.41) is 5.47. The van der Waals surface area contributed by atoms with Gasteiger partial charge >= 0.3 is 12.2 Å². The van der Waals surface area contributed by atoms with Gasteiger partial charge in [0.2, 0.25) is 5.91 Å². The van der Waals surface area contributed by atoms with Crippen molar-refractivity contribution in [3.63, 3.8) is 0 Å². The largest absolute Gasteiger partial charge is 0.457 e. The maximum atomic E-state index is 12.9. The molecule has 1 aliphatic rings. The van der Waals surface area contributed by atoms with Gasteiger partial charge in [0, 0.05) is 44.1 Å². The lowest BCUT2D eigenvalue weighted by molar-refractivity contribution is -0.137. The second-order valence-electron chi connectivity index (χ2n) is 8.80. The summed E-state index contributed by atoms with van der Waals surface area (Å²) in [4.78, 5) is 28.0. The Bertz CT molecular complexity index is 1250. The van der Waals surface area contributed by atoms with Crippen LogP contribution in [-0.4, -0.2) is 43.0 Å². The fraction of sp³-hybridized carbons (Fsp3) is 0.259. The molecular formula is C27H27F3N4O3. The molecule has 0 aromatic heterocycles. The molecular weight excluding hydrogens is 485 g/mol. The number of halogens is 3. The van der Waals surface area contributed by atoms with E-state index in [1.165, 1.54) is 12.1 Å². The number of amides is 3. The van der Waals surface area contributed by atoms with Crippen molar-refractivity contribution in [2.75, 3.05) is 35.7 Å². The Morgan fingerprint density at radius 1 is 0.946 bits per heavy atom. The van der Waals surface area contributed by atoms with Crippen LogP contribution in [0.3, 0.4) is 0 Å². The summed E-state index contributed by atoms with van der Waals surface area (Å²) in [5.74, 6) is 0.446. The zero-order valence-corrected chi connectivity index (χ0v) is 20.4. The van der Waals surface area contributed by atoms with E-state index in [-0.39, 0.29) is 17.7 Å². The van der Waals surface area contributed by atoms with Crippen LogP contribution in [-0.2, 0) is 11.0 Å². The first-order chi connectivity index (χ1) is 17.6. The molecule has 0 aliphatic carbocycles. The summed E-state index contributed by atoms with van der Waals surface area (Å²) in [6.07, 6.45) is -3.55. The molecule has 1 fully saturated rings. The highest BCUT2D eigenvalue weighted by atomic mass is 19.4. The average molecular weight is 513 g/mol. The van der Waals surface area contributed by atoms with E-state index in [2.05, 4.69) is 15.5 Å². The Morgan fingerprint density at radius 3 is 2.16 bits per heavy atom. The number of carbonyl (C=O) groups is 2. The number of hydrogen-bond acceptors (Lipinski definition) is 4. The van der Waals surface area contributed by atoms with E-state index in [0.717, 1.165) is 37.3 Å². The molecule has 0 spiro atoms. The van der Waals surface area contributed by atoms with Gasteiger partial charge < -0.3 is 25.2 Å². The Kier molecular flexibility index (Phi) is 7.56. The monoisotopic (exact) mass is 512 g/mol. The van der Waals surface area contributed by atoms with Crippen LogP contribution in [0.15, 0.2) is 72.8 Å². The van der Waals surface area contributed by atoms with E-state index in [1.807, 2.05) is 31.3 Å². The summed E-state index contributed by atoms with van der Waals surface area (Å²) in [7, 11) is 1.82. The summed E-state index contributed by atoms with van der Waals surface area (Å²) in [5.41, 5.74) is 1.32. The van der Waals surface area contributed by atoms with Gasteiger partial charge in [-0.1, -0.05) is 6.07 Å². The second-order valence-corrected chi connectivity index (χ2v) is 8.80. The van der Waals surface area contributed by atoms with E-state index >= 15 is 0 Å². The molecule has 0 bridgehead atoms. The van der Waals surface area contributed by atoms with Crippen molar-refractivity contribution < 1.29 is 27.5 Å². The number of nitrogens with zero attached hydrogens (tertiary/aromatic N) is 2. The van der Waals surface area contributed by atoms with Crippen LogP contribution in [0.1, 0.15) is 18.9 Å². The van der Waals surface area contributed by atoms with Crippen LogP contribution in [0.5, 0.6) is 11.5 Å². The predicted molar refractivity (Wildman–Crippen MR) is 136 cm³/mol. The molecule has 3 aromatic carbocycles. The number of hydrogen-bond donors (Lipinski definition) is 2. The standard InChI is InChI=1S/C27H27F3N4O3/c1-18(35)33(2)23-14-15-34(17-23)22-10-6-20(7-11-22)31-26(36)32-21-8-12-24(13-9-21)37-25-5-3-4-19(16-25)27(28,29)30/h3-13,16,23H,14-15,17H2,1-2H3,(H2,31,32,36). The molecule has 7 nitrogen and oxygen atoms in total. The minimum absolute atomic E-state index is 0.0512. The Hall–Kier alpha value is -4.21. The van der Waals surface area contributed by atoms with Crippen molar-refractivity contribution in [2.24, 2.45) is 0 Å². The van der Waals surface area contributed by atoms with Gasteiger partial charge in [0.1, 0.15) is 11.5 Å². The number of alkyl halides is 3. The molecule has 10 heteroatoms. The minimum atomic E-state index is -4.45. The molecule has 1 atom stereocenters. The lowest BCUT2D eigenvalue weighted by Crippen LogP contribution is -2.37. The fourth-order valence-electron chi connectivity index (χ4n) is 4.08. The first-order valence-electron chi connectivity index (χ1n) is 11.7. The molecule has 1 aliphatic heterocycles. The molecule has 2 N–H and O–H groups in total. The third-order valence-electron chi connectivity index (χ3n) is 6.21. The Morgan fingerprint density at radius 2 is 1.57 bits per heavy atom. The third kappa shape index (κ3) is 6.72. The summed E-state index contributed by atoms with van der Waals surface area (Å²) < 4.78 is 44.1. The molecule has 0 radical (unpaired) electrons. The average Bonchev–Trinajstić information content (AvgIpc) is 3.35. The molecule has 4 rings (SSSR count). The summed E-state index contributed by atoms with van der Waals surface area (Å²) in [6.45, 7) is 3.18. The van der Waals surface area contributed by atoms with E-state index in [9.17, 15) is 22.8 Å². The lowest BCUT2D eigenvalue weighted by atomic mass is 10.2. The van der Waals surface area contributed by atoms with E-state index in [1.54, 1.807) is 36.1 Å². The van der Waals surface area contributed by atoms with Crippen LogP contribution in [0.25, 0.3) is 0 Å². The van der Waals surface area contributed by atoms with E-state index in [0.29, 0.717) is 17.1 Å². The number of anilines is 3. The lowest BCUT2D eigenvalue weighted by Gasteiger charge is -2.24. The van der Waals surface area contributed by atoms with Crippen LogP contribution in [0, 0.1) is 0 Å². The van der Waals surface area contributed by atoms with Crippen LogP contribution in [0.2, 0.25) is 0 Å². The van der Waals surface area contributed by atoms with Crippen molar-refractivity contribution in [1.82, 2.24) is 4.90 Å². The molecule has 1 unspecified atom stereocenters. The highest BCUT2D eigenvalue weighted by Crippen LogP contribution is 2.33. The van der Waals surface area contributed by atoms with Crippen LogP contribution in [0.4, 0.5) is 35.0 Å². The maximum Gasteiger partial charge on any atom is 0.416 e. The fourth-order valence-corrected chi connectivity index (χ4v) is 4.08. The van der Waals surface area contributed by atoms with Gasteiger partial charge in [0.25, 0.3) is 0 Å². The van der Waals surface area contributed by atoms with Crippen molar-refractivity contribution in [1.29, 1.82) is 0 Å². The smallest absolute Gasteiger partial charge is 0.416 e. The zero-order chi connectivity index (χ0) is 26.6. The van der Waals surface area contributed by atoms with Crippen LogP contribution >= 0.6 is 0 Å². The first-order valence-corrected chi connectivity index (χ1v) is 11.7. The molecule has 3 aromatic rings. The van der Waals surface area contributed by atoms with Crippen molar-refractivity contribution in [2.45, 2.75) is 25.6 Å². The quantitative estimate of drug-likeness (QED) is 0.413. The van der Waals surface area contributed by atoms with Gasteiger partial charge in [-0.2, -0.15) is 13.2 Å². The maximum absolute atomic E-state index is 12.9. The number of rotatable bonds is 6. The number of urea groups is 1. The highest BCUT2D eigenvalue weighted by Gasteiger charge is 2.30. The topological polar surface area (TPSA) is 73.9 Å². The predicted octanol–water partition coefficient (Wildman–Crippen LogP) is 6.20. The summed E-state index contributed by atoms with van der Waals surface area (Å²) in [6, 6.07) is 18.1. The van der Waals surface area contributed by atoms with Crippen LogP contribution < -0.4 is 20.3 Å². The number of carbonyl (C=O) groups excluding carboxylic acids is 2. The third-order valence-corrected chi connectivity index (χ3v) is 6.21. The molecule has 0 saturated carbocycles. The van der Waals surface area contributed by atoms with E-state index in [4.69, 9.17) is 4.74 Å². The van der Waals surface area contributed by atoms with Gasteiger partial charge in [0.15, 0.2) is 0 Å². The summed E-state index contributed by atoms with van der Waals surface area (Å²) >= 11 is 0. The van der Waals surface area contributed by atoms with Gasteiger partial charge in [-0.3, -0.25) is 4.79 Å². The Labute approximate surface area is 212 Å². The first kappa shape index (κ1) is 25.9. The molecule has 1 heterocycles. The molecule has 194 valence electrons. The number of ether oxygens (including phenoxy) is 1. The van der Waals surface area contributed by atoms with Crippen molar-refractivity contribution >= 4 is 29.0 Å². The number of benzene rings is 3. The molecule has 1 saturated heterocycles. The Balaban J connectivity index is 1.29. The van der Waals surface area contributed by atoms with Crippen molar-refractivity contribution in [3.8, 4) is 11.5 Å². The zero-order valence-electron chi connectivity index (χ0n) is 20.4. The number of nitrogens with one attached hydrogen (secondary N) is 2.